The van der Waals surface area contributed by atoms with Crippen molar-refractivity contribution in [3.63, 3.8) is 0 Å². The molecule has 3 rings (SSSR count). The van der Waals surface area contributed by atoms with Crippen molar-refractivity contribution in [3.8, 4) is 11.8 Å². The lowest BCUT2D eigenvalue weighted by Crippen LogP contribution is -2.34. The van der Waals surface area contributed by atoms with E-state index in [9.17, 15) is 9.90 Å². The third-order valence-electron chi connectivity index (χ3n) is 4.84. The first-order valence-electron chi connectivity index (χ1n) is 9.99. The van der Waals surface area contributed by atoms with Gasteiger partial charge >= 0.3 is 5.97 Å². The average molecular weight is 388 g/mol. The lowest BCUT2D eigenvalue weighted by Gasteiger charge is -2.28. The van der Waals surface area contributed by atoms with Crippen molar-refractivity contribution < 1.29 is 28.8 Å². The molecule has 2 aliphatic heterocycles. The molecule has 1 aromatic carbocycles. The number of carbonyl (C=O) groups is 1. The maximum Gasteiger partial charge on any atom is 0.339 e. The number of rotatable bonds is 7. The highest BCUT2D eigenvalue weighted by Crippen LogP contribution is 2.20. The summed E-state index contributed by atoms with van der Waals surface area (Å²) in [5, 5.41) is 10.1. The van der Waals surface area contributed by atoms with E-state index in [1.54, 1.807) is 24.3 Å². The zero-order chi connectivity index (χ0) is 19.6. The Morgan fingerprint density at radius 3 is 2.68 bits per heavy atom. The highest BCUT2D eigenvalue weighted by molar-refractivity contribution is 5.89. The van der Waals surface area contributed by atoms with Crippen molar-refractivity contribution >= 4 is 5.97 Å². The molecule has 0 amide bonds. The van der Waals surface area contributed by atoms with Crippen LogP contribution in [0.3, 0.4) is 0 Å². The molecule has 2 heterocycles. The summed E-state index contributed by atoms with van der Waals surface area (Å²) in [6, 6.07) is 8.88. The molecular weight excluding hydrogens is 360 g/mol. The molecule has 3 atom stereocenters. The summed E-state index contributed by atoms with van der Waals surface area (Å²) in [7, 11) is 0. The van der Waals surface area contributed by atoms with Gasteiger partial charge in [0.25, 0.3) is 0 Å². The Bertz CT molecular complexity index is 659. The summed E-state index contributed by atoms with van der Waals surface area (Å²) in [5.41, 5.74) is 0.496. The Morgan fingerprint density at radius 1 is 1.14 bits per heavy atom. The van der Waals surface area contributed by atoms with Crippen LogP contribution in [-0.4, -0.2) is 55.5 Å². The van der Waals surface area contributed by atoms with Crippen LogP contribution in [0.4, 0.5) is 0 Å². The molecule has 6 heteroatoms. The molecule has 28 heavy (non-hydrogen) atoms. The summed E-state index contributed by atoms with van der Waals surface area (Å²) < 4.78 is 22.1. The first-order valence-corrected chi connectivity index (χ1v) is 9.99. The van der Waals surface area contributed by atoms with Gasteiger partial charge in [-0.05, 0) is 37.8 Å². The number of carbonyl (C=O) groups excluding carboxylic acids is 1. The normalized spacial score (nSPS) is 23.6. The Morgan fingerprint density at radius 2 is 1.93 bits per heavy atom. The van der Waals surface area contributed by atoms with Gasteiger partial charge in [-0.1, -0.05) is 30.0 Å². The van der Waals surface area contributed by atoms with Crippen LogP contribution in [0.5, 0.6) is 0 Å². The summed E-state index contributed by atoms with van der Waals surface area (Å²) in [6.07, 6.45) is 2.59. The van der Waals surface area contributed by atoms with Gasteiger partial charge in [0.05, 0.1) is 31.0 Å². The molecular formula is C22H28O6. The van der Waals surface area contributed by atoms with Crippen LogP contribution in [0.15, 0.2) is 30.3 Å². The fourth-order valence-corrected chi connectivity index (χ4v) is 3.30. The zero-order valence-corrected chi connectivity index (χ0v) is 16.0. The molecule has 0 aliphatic carbocycles. The maximum absolute atomic E-state index is 12.4. The zero-order valence-electron chi connectivity index (χ0n) is 16.0. The maximum atomic E-state index is 12.4. The Balaban J connectivity index is 1.55. The molecule has 0 aromatic heterocycles. The molecule has 2 saturated heterocycles. The lowest BCUT2D eigenvalue weighted by molar-refractivity contribution is -0.0800. The van der Waals surface area contributed by atoms with E-state index in [0.29, 0.717) is 51.1 Å². The van der Waals surface area contributed by atoms with Crippen LogP contribution >= 0.6 is 0 Å². The fourth-order valence-electron chi connectivity index (χ4n) is 3.30. The predicted molar refractivity (Wildman–Crippen MR) is 103 cm³/mol. The smallest absolute Gasteiger partial charge is 0.339 e. The SMILES string of the molecule is O=C(OC(C#CCCC1OCCO1)CC[C@H]1OCCC[C@@H]1O)c1ccccc1. The largest absolute Gasteiger partial charge is 0.446 e. The number of esters is 1. The number of aliphatic hydroxyl groups is 1. The monoisotopic (exact) mass is 388 g/mol. The van der Waals surface area contributed by atoms with Crippen LogP contribution < -0.4 is 0 Å². The molecule has 152 valence electrons. The van der Waals surface area contributed by atoms with E-state index >= 15 is 0 Å². The van der Waals surface area contributed by atoms with E-state index in [1.165, 1.54) is 0 Å². The van der Waals surface area contributed by atoms with Gasteiger partial charge in [0.1, 0.15) is 0 Å². The Labute approximate surface area is 166 Å². The summed E-state index contributed by atoms with van der Waals surface area (Å²) in [6.45, 7) is 1.90. The molecule has 1 aromatic rings. The van der Waals surface area contributed by atoms with E-state index < -0.39 is 18.2 Å². The van der Waals surface area contributed by atoms with Gasteiger partial charge in [0.15, 0.2) is 12.4 Å². The average Bonchev–Trinajstić information content (AvgIpc) is 3.24. The second-order valence-corrected chi connectivity index (χ2v) is 6.99. The van der Waals surface area contributed by atoms with Crippen molar-refractivity contribution in [1.82, 2.24) is 0 Å². The number of aliphatic hydroxyl groups excluding tert-OH is 1. The molecule has 2 fully saturated rings. The molecule has 6 nitrogen and oxygen atoms in total. The summed E-state index contributed by atoms with van der Waals surface area (Å²) >= 11 is 0. The third kappa shape index (κ3) is 6.61. The van der Waals surface area contributed by atoms with Crippen LogP contribution in [0, 0.1) is 11.8 Å². The number of ether oxygens (including phenoxy) is 4. The number of hydrogen-bond acceptors (Lipinski definition) is 6. The van der Waals surface area contributed by atoms with Gasteiger partial charge < -0.3 is 24.1 Å². The third-order valence-corrected chi connectivity index (χ3v) is 4.84. The van der Waals surface area contributed by atoms with E-state index in [1.807, 2.05) is 6.07 Å². The lowest BCUT2D eigenvalue weighted by atomic mass is 10.00. The van der Waals surface area contributed by atoms with Gasteiger partial charge in [-0.3, -0.25) is 0 Å². The summed E-state index contributed by atoms with van der Waals surface area (Å²) in [4.78, 5) is 12.4. The van der Waals surface area contributed by atoms with Crippen LogP contribution in [0.25, 0.3) is 0 Å². The van der Waals surface area contributed by atoms with Gasteiger partial charge in [-0.2, -0.15) is 0 Å². The highest BCUT2D eigenvalue weighted by atomic mass is 16.7. The number of benzene rings is 1. The van der Waals surface area contributed by atoms with Crippen LogP contribution in [0.2, 0.25) is 0 Å². The molecule has 0 saturated carbocycles. The summed E-state index contributed by atoms with van der Waals surface area (Å²) in [5.74, 6) is 5.74. The quantitative estimate of drug-likeness (QED) is 0.572. The second-order valence-electron chi connectivity index (χ2n) is 6.99. The Hall–Kier alpha value is -1.91. The van der Waals surface area contributed by atoms with E-state index in [2.05, 4.69) is 11.8 Å². The molecule has 0 bridgehead atoms. The van der Waals surface area contributed by atoms with Crippen molar-refractivity contribution in [2.45, 2.75) is 63.1 Å². The first-order chi connectivity index (χ1) is 13.7. The van der Waals surface area contributed by atoms with Crippen molar-refractivity contribution in [2.24, 2.45) is 0 Å². The minimum atomic E-state index is -0.546. The minimum absolute atomic E-state index is 0.189. The standard InChI is InChI=1S/C22H28O6/c23-19-10-6-14-25-20(19)13-12-18(9-4-5-11-21-26-15-16-27-21)28-22(24)17-7-2-1-3-8-17/h1-3,7-8,18-21,23H,5-6,10-16H2/t18?,19-,20+/m0/s1. The van der Waals surface area contributed by atoms with Crippen LogP contribution in [-0.2, 0) is 18.9 Å². The van der Waals surface area contributed by atoms with Crippen molar-refractivity contribution in [2.75, 3.05) is 19.8 Å². The van der Waals surface area contributed by atoms with Gasteiger partial charge in [0, 0.05) is 19.4 Å². The first kappa shape index (κ1) is 20.8. The van der Waals surface area contributed by atoms with Gasteiger partial charge in [-0.25, -0.2) is 4.79 Å². The van der Waals surface area contributed by atoms with Crippen LogP contribution in [0.1, 0.15) is 48.9 Å². The van der Waals surface area contributed by atoms with Gasteiger partial charge in [-0.15, -0.1) is 0 Å². The van der Waals surface area contributed by atoms with E-state index in [-0.39, 0.29) is 12.4 Å². The molecule has 1 unspecified atom stereocenters. The van der Waals surface area contributed by atoms with E-state index in [0.717, 1.165) is 12.8 Å². The van der Waals surface area contributed by atoms with E-state index in [4.69, 9.17) is 18.9 Å². The molecule has 1 N–H and O–H groups in total. The second kappa shape index (κ2) is 11.2. The van der Waals surface area contributed by atoms with Crippen molar-refractivity contribution in [1.29, 1.82) is 0 Å². The fraction of sp³-hybridized carbons (Fsp3) is 0.591. The predicted octanol–water partition coefficient (Wildman–Crippen LogP) is 2.69. The number of hydrogen-bond donors (Lipinski definition) is 1. The van der Waals surface area contributed by atoms with Crippen molar-refractivity contribution in [3.05, 3.63) is 35.9 Å². The Kier molecular flexibility index (Phi) is 8.31. The molecule has 0 radical (unpaired) electrons. The van der Waals surface area contributed by atoms with Gasteiger partial charge in [0.2, 0.25) is 0 Å². The molecule has 0 spiro atoms. The topological polar surface area (TPSA) is 74.2 Å². The molecule has 2 aliphatic rings. The minimum Gasteiger partial charge on any atom is -0.446 e. The highest BCUT2D eigenvalue weighted by Gasteiger charge is 2.25.